The number of nitrogens with one attached hydrogen (secondary N) is 1. The van der Waals surface area contributed by atoms with Crippen molar-refractivity contribution >= 4 is 26.4 Å². The summed E-state index contributed by atoms with van der Waals surface area (Å²) >= 11 is 0. The molecule has 6 nitrogen and oxygen atoms in total. The second kappa shape index (κ2) is 7.40. The summed E-state index contributed by atoms with van der Waals surface area (Å²) < 4.78 is 34.8. The van der Waals surface area contributed by atoms with Gasteiger partial charge >= 0.3 is 0 Å². The van der Waals surface area contributed by atoms with Crippen molar-refractivity contribution in [1.82, 2.24) is 4.98 Å². The predicted molar refractivity (Wildman–Crippen MR) is 104 cm³/mol. The Bertz CT molecular complexity index is 890. The third-order valence-electron chi connectivity index (χ3n) is 4.93. The quantitative estimate of drug-likeness (QED) is 0.833. The van der Waals surface area contributed by atoms with Crippen LogP contribution in [0.2, 0.25) is 0 Å². The molecular formula is C19H26N2O4S. The molecule has 1 aromatic heterocycles. The SMILES string of the molecule is COc1cccc2c(NCC3(CS(C)(=O)=O)CCOCC3)cc(C)nc12. The molecule has 26 heavy (non-hydrogen) atoms. The van der Waals surface area contributed by atoms with Crippen LogP contribution in [-0.4, -0.2) is 52.3 Å². The fourth-order valence-electron chi connectivity index (χ4n) is 3.68. The van der Waals surface area contributed by atoms with Crippen molar-refractivity contribution in [3.05, 3.63) is 30.0 Å². The lowest BCUT2D eigenvalue weighted by molar-refractivity contribution is 0.0315. The highest BCUT2D eigenvalue weighted by molar-refractivity contribution is 7.90. The molecule has 3 rings (SSSR count). The highest BCUT2D eigenvalue weighted by Gasteiger charge is 2.36. The van der Waals surface area contributed by atoms with Crippen LogP contribution in [0.4, 0.5) is 5.69 Å². The van der Waals surface area contributed by atoms with Gasteiger partial charge in [0.15, 0.2) is 0 Å². The van der Waals surface area contributed by atoms with E-state index < -0.39 is 9.84 Å². The molecule has 1 aromatic carbocycles. The zero-order valence-corrected chi connectivity index (χ0v) is 16.4. The summed E-state index contributed by atoms with van der Waals surface area (Å²) in [5, 5.41) is 4.47. The van der Waals surface area contributed by atoms with Crippen LogP contribution in [0.15, 0.2) is 24.3 Å². The number of aromatic nitrogens is 1. The van der Waals surface area contributed by atoms with Crippen molar-refractivity contribution in [2.45, 2.75) is 19.8 Å². The molecule has 0 spiro atoms. The molecule has 0 unspecified atom stereocenters. The number of anilines is 1. The van der Waals surface area contributed by atoms with Gasteiger partial charge < -0.3 is 14.8 Å². The topological polar surface area (TPSA) is 77.5 Å². The number of aryl methyl sites for hydroxylation is 1. The number of ether oxygens (including phenoxy) is 2. The molecule has 1 saturated heterocycles. The third-order valence-corrected chi connectivity index (χ3v) is 6.06. The minimum Gasteiger partial charge on any atom is -0.494 e. The fourth-order valence-corrected chi connectivity index (χ4v) is 5.18. The molecule has 0 saturated carbocycles. The summed E-state index contributed by atoms with van der Waals surface area (Å²) in [6.45, 7) is 3.72. The summed E-state index contributed by atoms with van der Waals surface area (Å²) in [5.41, 5.74) is 2.33. The van der Waals surface area contributed by atoms with Crippen LogP contribution in [-0.2, 0) is 14.6 Å². The number of hydrogen-bond donors (Lipinski definition) is 1. The van der Waals surface area contributed by atoms with E-state index in [4.69, 9.17) is 9.47 Å². The lowest BCUT2D eigenvalue weighted by atomic mass is 9.82. The van der Waals surface area contributed by atoms with E-state index in [0.717, 1.165) is 40.9 Å². The summed E-state index contributed by atoms with van der Waals surface area (Å²) in [6.07, 6.45) is 2.78. The number of nitrogens with zero attached hydrogens (tertiary/aromatic N) is 1. The molecule has 0 atom stereocenters. The summed E-state index contributed by atoms with van der Waals surface area (Å²) in [6, 6.07) is 7.82. The van der Waals surface area contributed by atoms with Crippen molar-refractivity contribution in [1.29, 1.82) is 0 Å². The molecule has 0 radical (unpaired) electrons. The normalized spacial score (nSPS) is 17.2. The highest BCUT2D eigenvalue weighted by Crippen LogP contribution is 2.35. The number of pyridine rings is 1. The van der Waals surface area contributed by atoms with Gasteiger partial charge in [0, 0.05) is 48.2 Å². The van der Waals surface area contributed by atoms with Crippen LogP contribution in [0.1, 0.15) is 18.5 Å². The van der Waals surface area contributed by atoms with E-state index in [-0.39, 0.29) is 11.2 Å². The molecule has 2 aromatic rings. The molecule has 1 fully saturated rings. The van der Waals surface area contributed by atoms with Crippen molar-refractivity contribution < 1.29 is 17.9 Å². The summed E-state index contributed by atoms with van der Waals surface area (Å²) in [7, 11) is -1.44. The number of para-hydroxylation sites is 1. The van der Waals surface area contributed by atoms with Gasteiger partial charge in [0.25, 0.3) is 0 Å². The zero-order valence-electron chi connectivity index (χ0n) is 15.5. The van der Waals surface area contributed by atoms with Gasteiger partial charge in [-0.15, -0.1) is 0 Å². The first kappa shape index (κ1) is 18.9. The molecule has 1 N–H and O–H groups in total. The van der Waals surface area contributed by atoms with Gasteiger partial charge in [0.1, 0.15) is 21.1 Å². The Morgan fingerprint density at radius 3 is 2.69 bits per heavy atom. The van der Waals surface area contributed by atoms with Gasteiger partial charge in [-0.25, -0.2) is 13.4 Å². The molecule has 1 aliphatic rings. The largest absolute Gasteiger partial charge is 0.494 e. The van der Waals surface area contributed by atoms with Gasteiger partial charge in [-0.05, 0) is 31.9 Å². The number of benzene rings is 1. The van der Waals surface area contributed by atoms with E-state index in [9.17, 15) is 8.42 Å². The second-order valence-corrected chi connectivity index (χ2v) is 9.34. The molecule has 0 amide bonds. The third kappa shape index (κ3) is 4.27. The smallest absolute Gasteiger partial charge is 0.148 e. The van der Waals surface area contributed by atoms with E-state index in [1.807, 2.05) is 31.2 Å². The van der Waals surface area contributed by atoms with Crippen LogP contribution in [0, 0.1) is 12.3 Å². The maximum Gasteiger partial charge on any atom is 0.148 e. The van der Waals surface area contributed by atoms with E-state index in [1.165, 1.54) is 6.26 Å². The van der Waals surface area contributed by atoms with Gasteiger partial charge in [-0.1, -0.05) is 12.1 Å². The maximum atomic E-state index is 12.0. The average molecular weight is 378 g/mol. The summed E-state index contributed by atoms with van der Waals surface area (Å²) in [5.74, 6) is 0.896. The van der Waals surface area contributed by atoms with E-state index >= 15 is 0 Å². The number of hydrogen-bond acceptors (Lipinski definition) is 6. The van der Waals surface area contributed by atoms with Crippen LogP contribution < -0.4 is 10.1 Å². The minimum atomic E-state index is -3.08. The molecule has 0 bridgehead atoms. The first-order valence-electron chi connectivity index (χ1n) is 8.76. The molecule has 142 valence electrons. The summed E-state index contributed by atoms with van der Waals surface area (Å²) in [4.78, 5) is 4.60. The maximum absolute atomic E-state index is 12.0. The Morgan fingerprint density at radius 2 is 2.04 bits per heavy atom. The molecular weight excluding hydrogens is 352 g/mol. The predicted octanol–water partition coefficient (Wildman–Crippen LogP) is 2.81. The van der Waals surface area contributed by atoms with E-state index in [0.29, 0.717) is 19.8 Å². The highest BCUT2D eigenvalue weighted by atomic mass is 32.2. The molecule has 0 aliphatic carbocycles. The van der Waals surface area contributed by atoms with Crippen molar-refractivity contribution in [2.75, 3.05) is 44.2 Å². The van der Waals surface area contributed by atoms with Gasteiger partial charge in [0.2, 0.25) is 0 Å². The zero-order chi connectivity index (χ0) is 18.8. The average Bonchev–Trinajstić information content (AvgIpc) is 2.58. The Labute approximate surface area is 154 Å². The van der Waals surface area contributed by atoms with E-state index in [1.54, 1.807) is 7.11 Å². The minimum absolute atomic E-state index is 0.168. The Kier molecular flexibility index (Phi) is 5.39. The van der Waals surface area contributed by atoms with Crippen LogP contribution in [0.5, 0.6) is 5.75 Å². The van der Waals surface area contributed by atoms with Crippen LogP contribution >= 0.6 is 0 Å². The van der Waals surface area contributed by atoms with Crippen LogP contribution in [0.25, 0.3) is 10.9 Å². The van der Waals surface area contributed by atoms with E-state index in [2.05, 4.69) is 10.3 Å². The standard InChI is InChI=1S/C19H26N2O4S/c1-14-11-16(15-5-4-6-17(24-2)18(15)21-14)20-12-19(13-26(3,22)23)7-9-25-10-8-19/h4-6,11H,7-10,12-13H2,1-3H3,(H,20,21). The number of fused-ring (bicyclic) bond motifs is 1. The number of sulfone groups is 1. The Hall–Kier alpha value is -1.86. The van der Waals surface area contributed by atoms with Gasteiger partial charge in [0.05, 0.1) is 12.9 Å². The van der Waals surface area contributed by atoms with Gasteiger partial charge in [-0.2, -0.15) is 0 Å². The fraction of sp³-hybridized carbons (Fsp3) is 0.526. The van der Waals surface area contributed by atoms with Gasteiger partial charge in [-0.3, -0.25) is 0 Å². The van der Waals surface area contributed by atoms with Crippen LogP contribution in [0.3, 0.4) is 0 Å². The first-order valence-corrected chi connectivity index (χ1v) is 10.8. The molecule has 1 aliphatic heterocycles. The van der Waals surface area contributed by atoms with Crippen molar-refractivity contribution in [2.24, 2.45) is 5.41 Å². The van der Waals surface area contributed by atoms with Crippen molar-refractivity contribution in [3.63, 3.8) is 0 Å². The number of methoxy groups -OCH3 is 1. The van der Waals surface area contributed by atoms with Crippen molar-refractivity contribution in [3.8, 4) is 5.75 Å². The molecule has 7 heteroatoms. The first-order chi connectivity index (χ1) is 12.3. The monoisotopic (exact) mass is 378 g/mol. The lowest BCUT2D eigenvalue weighted by Crippen LogP contribution is -2.41. The Balaban J connectivity index is 1.92. The second-order valence-electron chi connectivity index (χ2n) is 7.20. The lowest BCUT2D eigenvalue weighted by Gasteiger charge is -2.37. The Morgan fingerprint density at radius 1 is 1.31 bits per heavy atom. The number of rotatable bonds is 6. The molecule has 2 heterocycles.